The number of fused-ring (bicyclic) bond motifs is 1. The van der Waals surface area contributed by atoms with E-state index >= 15 is 0 Å². The van der Waals surface area contributed by atoms with Crippen LogP contribution in [-0.2, 0) is 19.6 Å². The molecule has 0 spiro atoms. The molecule has 1 unspecified atom stereocenters. The number of carbonyl (C=O) groups is 2. The minimum absolute atomic E-state index is 0.115. The van der Waals surface area contributed by atoms with Crippen molar-refractivity contribution in [1.82, 2.24) is 9.21 Å². The van der Waals surface area contributed by atoms with Gasteiger partial charge in [0.15, 0.2) is 11.5 Å². The van der Waals surface area contributed by atoms with E-state index in [1.54, 1.807) is 34.1 Å². The molecular weight excluding hydrogens is 470 g/mol. The Kier molecular flexibility index (Phi) is 6.48. The fourth-order valence-corrected chi connectivity index (χ4v) is 5.73. The Morgan fingerprint density at radius 3 is 2.40 bits per heavy atom. The second-order valence-corrected chi connectivity index (χ2v) is 10.5. The second kappa shape index (κ2) is 9.71. The molecule has 184 valence electrons. The van der Waals surface area contributed by atoms with Crippen LogP contribution in [0.1, 0.15) is 12.0 Å². The number of piperazine rings is 1. The first-order valence-electron chi connectivity index (χ1n) is 11.6. The average molecular weight is 498 g/mol. The molecule has 3 aliphatic heterocycles. The third kappa shape index (κ3) is 5.03. The van der Waals surface area contributed by atoms with Crippen molar-refractivity contribution in [2.45, 2.75) is 6.42 Å². The van der Waals surface area contributed by atoms with Crippen molar-refractivity contribution in [3.05, 3.63) is 59.5 Å². The van der Waals surface area contributed by atoms with E-state index in [0.29, 0.717) is 43.5 Å². The molecule has 35 heavy (non-hydrogen) atoms. The van der Waals surface area contributed by atoms with Gasteiger partial charge in [0.25, 0.3) is 0 Å². The Bertz CT molecular complexity index is 1240. The first kappa shape index (κ1) is 23.4. The largest absolute Gasteiger partial charge is 0.486 e. The van der Waals surface area contributed by atoms with Gasteiger partial charge < -0.3 is 19.3 Å². The molecule has 0 N–H and O–H groups in total. The molecule has 3 heterocycles. The van der Waals surface area contributed by atoms with E-state index in [4.69, 9.17) is 9.47 Å². The number of hydrogen-bond acceptors (Lipinski definition) is 6. The van der Waals surface area contributed by atoms with E-state index in [1.165, 1.54) is 9.71 Å². The van der Waals surface area contributed by atoms with E-state index in [9.17, 15) is 18.0 Å². The van der Waals surface area contributed by atoms with Gasteiger partial charge in [-0.25, -0.2) is 8.42 Å². The van der Waals surface area contributed by atoms with Gasteiger partial charge in [0.2, 0.25) is 21.8 Å². The van der Waals surface area contributed by atoms with Gasteiger partial charge in [-0.15, -0.1) is 0 Å². The zero-order chi connectivity index (χ0) is 24.4. The van der Waals surface area contributed by atoms with Crippen LogP contribution >= 0.6 is 0 Å². The maximum absolute atomic E-state index is 13.1. The van der Waals surface area contributed by atoms with Crippen molar-refractivity contribution < 1.29 is 27.5 Å². The highest BCUT2D eigenvalue weighted by atomic mass is 32.2. The maximum Gasteiger partial charge on any atom is 0.236 e. The van der Waals surface area contributed by atoms with Crippen LogP contribution in [0.3, 0.4) is 0 Å². The van der Waals surface area contributed by atoms with E-state index in [2.05, 4.69) is 0 Å². The van der Waals surface area contributed by atoms with Gasteiger partial charge in [-0.2, -0.15) is 4.31 Å². The Hall–Kier alpha value is -3.37. The predicted octanol–water partition coefficient (Wildman–Crippen LogP) is 1.96. The van der Waals surface area contributed by atoms with E-state index in [1.807, 2.05) is 30.3 Å². The summed E-state index contributed by atoms with van der Waals surface area (Å²) in [4.78, 5) is 29.1. The molecule has 9 nitrogen and oxygen atoms in total. The summed E-state index contributed by atoms with van der Waals surface area (Å²) >= 11 is 0. The molecule has 2 fully saturated rings. The van der Waals surface area contributed by atoms with Crippen LogP contribution in [0.4, 0.5) is 5.69 Å². The van der Waals surface area contributed by atoms with Gasteiger partial charge in [0.1, 0.15) is 13.2 Å². The van der Waals surface area contributed by atoms with Crippen LogP contribution in [-0.4, -0.2) is 75.4 Å². The van der Waals surface area contributed by atoms with Gasteiger partial charge in [-0.1, -0.05) is 30.3 Å². The zero-order valence-corrected chi connectivity index (χ0v) is 20.0. The summed E-state index contributed by atoms with van der Waals surface area (Å²) in [5.41, 5.74) is 1.48. The molecule has 0 aromatic heterocycles. The maximum atomic E-state index is 13.1. The van der Waals surface area contributed by atoms with Crippen LogP contribution in [0.5, 0.6) is 11.5 Å². The lowest BCUT2D eigenvalue weighted by atomic mass is 10.1. The number of ether oxygens (including phenoxy) is 2. The molecule has 2 saturated heterocycles. The molecule has 2 amide bonds. The molecule has 0 saturated carbocycles. The van der Waals surface area contributed by atoms with Crippen molar-refractivity contribution in [2.75, 3.05) is 50.8 Å². The fourth-order valence-electron chi connectivity index (χ4n) is 4.56. The highest BCUT2D eigenvalue weighted by Gasteiger charge is 2.39. The number of sulfonamides is 1. The number of hydrogen-bond donors (Lipinski definition) is 0. The topological polar surface area (TPSA) is 96.5 Å². The SMILES string of the molecule is O=C(C1CC(=O)N(c2ccc3c(c2)OCCO3)C1)N1CCN(S(=O)(=O)/C=C/c2ccccc2)CC1. The van der Waals surface area contributed by atoms with Crippen LogP contribution in [0.2, 0.25) is 0 Å². The Balaban J connectivity index is 1.18. The Morgan fingerprint density at radius 1 is 0.943 bits per heavy atom. The van der Waals surface area contributed by atoms with Crippen LogP contribution in [0, 0.1) is 5.92 Å². The monoisotopic (exact) mass is 497 g/mol. The van der Waals surface area contributed by atoms with Gasteiger partial charge in [-0.05, 0) is 23.8 Å². The van der Waals surface area contributed by atoms with E-state index in [0.717, 1.165) is 5.56 Å². The minimum atomic E-state index is -3.58. The summed E-state index contributed by atoms with van der Waals surface area (Å²) in [5, 5.41) is 1.21. The second-order valence-electron chi connectivity index (χ2n) is 8.72. The third-order valence-corrected chi connectivity index (χ3v) is 8.02. The van der Waals surface area contributed by atoms with Crippen molar-refractivity contribution >= 4 is 33.6 Å². The smallest absolute Gasteiger partial charge is 0.236 e. The summed E-state index contributed by atoms with van der Waals surface area (Å²) in [6.07, 6.45) is 1.70. The molecule has 0 bridgehead atoms. The predicted molar refractivity (Wildman–Crippen MR) is 130 cm³/mol. The fraction of sp³-hybridized carbons (Fsp3) is 0.360. The highest BCUT2D eigenvalue weighted by Crippen LogP contribution is 2.36. The average Bonchev–Trinajstić information content (AvgIpc) is 3.29. The third-order valence-electron chi connectivity index (χ3n) is 6.45. The molecule has 10 heteroatoms. The molecule has 2 aromatic rings. The summed E-state index contributed by atoms with van der Waals surface area (Å²) < 4.78 is 37.9. The number of rotatable bonds is 5. The minimum Gasteiger partial charge on any atom is -0.486 e. The lowest BCUT2D eigenvalue weighted by Crippen LogP contribution is -2.51. The van der Waals surface area contributed by atoms with Crippen LogP contribution < -0.4 is 14.4 Å². The molecule has 3 aliphatic rings. The first-order chi connectivity index (χ1) is 16.9. The van der Waals surface area contributed by atoms with Crippen molar-refractivity contribution in [3.8, 4) is 11.5 Å². The van der Waals surface area contributed by atoms with Crippen molar-refractivity contribution in [3.63, 3.8) is 0 Å². The van der Waals surface area contributed by atoms with Gasteiger partial charge in [-0.3, -0.25) is 9.59 Å². The number of amides is 2. The highest BCUT2D eigenvalue weighted by molar-refractivity contribution is 7.92. The van der Waals surface area contributed by atoms with E-state index < -0.39 is 15.9 Å². The van der Waals surface area contributed by atoms with Crippen molar-refractivity contribution in [1.29, 1.82) is 0 Å². The van der Waals surface area contributed by atoms with Crippen LogP contribution in [0.15, 0.2) is 53.9 Å². The normalized spacial score (nSPS) is 21.0. The van der Waals surface area contributed by atoms with Gasteiger partial charge in [0.05, 0.1) is 5.92 Å². The molecule has 1 atom stereocenters. The Labute approximate surface area is 204 Å². The summed E-state index contributed by atoms with van der Waals surface area (Å²) in [7, 11) is -3.58. The van der Waals surface area contributed by atoms with Gasteiger partial charge in [0, 0.05) is 56.3 Å². The molecule has 0 aliphatic carbocycles. The summed E-state index contributed by atoms with van der Waals surface area (Å²) in [6.45, 7) is 2.27. The molecule has 0 radical (unpaired) electrons. The lowest BCUT2D eigenvalue weighted by Gasteiger charge is -2.34. The summed E-state index contributed by atoms with van der Waals surface area (Å²) in [6, 6.07) is 14.6. The number of benzene rings is 2. The van der Waals surface area contributed by atoms with Crippen molar-refractivity contribution in [2.24, 2.45) is 5.92 Å². The quantitative estimate of drug-likeness (QED) is 0.627. The molecular formula is C25H27N3O6S. The number of carbonyl (C=O) groups excluding carboxylic acids is 2. The first-order valence-corrected chi connectivity index (χ1v) is 13.1. The number of nitrogens with zero attached hydrogens (tertiary/aromatic N) is 3. The molecule has 2 aromatic carbocycles. The summed E-state index contributed by atoms with van der Waals surface area (Å²) in [5.74, 6) is 0.542. The van der Waals surface area contributed by atoms with Crippen LogP contribution in [0.25, 0.3) is 6.08 Å². The standard InChI is InChI=1S/C25H27N3O6S/c29-24-16-20(18-28(24)21-6-7-22-23(17-21)34-14-13-33-22)25(30)26-9-11-27(12-10-26)35(31,32)15-8-19-4-2-1-3-5-19/h1-8,15,17,20H,9-14,16,18H2/b15-8+. The zero-order valence-electron chi connectivity index (χ0n) is 19.2. The lowest BCUT2D eigenvalue weighted by molar-refractivity contribution is -0.136. The Morgan fingerprint density at radius 2 is 1.66 bits per heavy atom. The van der Waals surface area contributed by atoms with E-state index in [-0.39, 0.29) is 37.9 Å². The van der Waals surface area contributed by atoms with Gasteiger partial charge >= 0.3 is 0 Å². The molecule has 5 rings (SSSR count). The number of anilines is 1.